The van der Waals surface area contributed by atoms with Crippen molar-refractivity contribution in [2.45, 2.75) is 6.92 Å². The molecular weight excluding hydrogens is 292 g/mol. The summed E-state index contributed by atoms with van der Waals surface area (Å²) in [5.41, 5.74) is 5.92. The molecular formula is C13H16N4O3S. The molecule has 0 aliphatic rings. The van der Waals surface area contributed by atoms with Gasteiger partial charge in [-0.1, -0.05) is 11.3 Å². The number of rotatable bonds is 6. The number of hydrogen-bond acceptors (Lipinski definition) is 6. The average Bonchev–Trinajstić information content (AvgIpc) is 2.86. The van der Waals surface area contributed by atoms with E-state index in [-0.39, 0.29) is 24.9 Å². The van der Waals surface area contributed by atoms with Crippen LogP contribution in [0.3, 0.4) is 0 Å². The maximum Gasteiger partial charge on any atom is 0.245 e. The first kappa shape index (κ1) is 15.2. The van der Waals surface area contributed by atoms with E-state index in [2.05, 4.69) is 15.6 Å². The van der Waals surface area contributed by atoms with Crippen LogP contribution in [0.15, 0.2) is 18.2 Å². The molecule has 0 spiro atoms. The number of carbonyl (C=O) groups is 2. The summed E-state index contributed by atoms with van der Waals surface area (Å²) < 4.78 is 6.33. The number of ether oxygens (including phenoxy) is 1. The Labute approximate surface area is 125 Å². The first-order valence-electron chi connectivity index (χ1n) is 6.42. The summed E-state index contributed by atoms with van der Waals surface area (Å²) in [7, 11) is 0. The quantitative estimate of drug-likeness (QED) is 0.728. The third kappa shape index (κ3) is 4.14. The number of thiazole rings is 1. The molecule has 0 bridgehead atoms. The first-order valence-corrected chi connectivity index (χ1v) is 7.24. The lowest BCUT2D eigenvalue weighted by Crippen LogP contribution is -2.36. The molecule has 0 radical (unpaired) electrons. The minimum atomic E-state index is -0.379. The van der Waals surface area contributed by atoms with Crippen LogP contribution in [0.2, 0.25) is 0 Å². The van der Waals surface area contributed by atoms with Crippen molar-refractivity contribution in [3.8, 4) is 5.75 Å². The fraction of sp³-hybridized carbons (Fsp3) is 0.308. The molecule has 112 valence electrons. The fourth-order valence-corrected chi connectivity index (χ4v) is 2.54. The summed E-state index contributed by atoms with van der Waals surface area (Å²) in [5, 5.41) is 5.50. The van der Waals surface area contributed by atoms with E-state index in [1.165, 1.54) is 11.3 Å². The van der Waals surface area contributed by atoms with Crippen LogP contribution in [0, 0.1) is 0 Å². The van der Waals surface area contributed by atoms with Gasteiger partial charge in [0.05, 0.1) is 29.9 Å². The molecule has 0 saturated carbocycles. The van der Waals surface area contributed by atoms with Crippen LogP contribution in [0.5, 0.6) is 5.75 Å². The molecule has 2 rings (SSSR count). The van der Waals surface area contributed by atoms with Crippen LogP contribution < -0.4 is 21.1 Å². The lowest BCUT2D eigenvalue weighted by Gasteiger charge is -2.02. The predicted molar refractivity (Wildman–Crippen MR) is 81.5 cm³/mol. The number of nitrogens with zero attached hydrogens (tertiary/aromatic N) is 1. The number of hydrogen-bond donors (Lipinski definition) is 3. The summed E-state index contributed by atoms with van der Waals surface area (Å²) in [5.74, 6) is 0.0402. The van der Waals surface area contributed by atoms with Crippen LogP contribution in [-0.2, 0) is 9.59 Å². The molecule has 0 saturated heterocycles. The van der Waals surface area contributed by atoms with Gasteiger partial charge in [-0.3, -0.25) is 9.59 Å². The molecule has 8 heteroatoms. The summed E-state index contributed by atoms with van der Waals surface area (Å²) in [4.78, 5) is 26.9. The lowest BCUT2D eigenvalue weighted by atomic mass is 10.3. The van der Waals surface area contributed by atoms with Gasteiger partial charge in [0.1, 0.15) is 5.75 Å². The van der Waals surface area contributed by atoms with E-state index in [4.69, 9.17) is 10.5 Å². The van der Waals surface area contributed by atoms with Crippen molar-refractivity contribution >= 4 is 38.5 Å². The summed E-state index contributed by atoms with van der Waals surface area (Å²) >= 11 is 1.35. The largest absolute Gasteiger partial charge is 0.494 e. The van der Waals surface area contributed by atoms with Crippen molar-refractivity contribution < 1.29 is 14.3 Å². The zero-order valence-corrected chi connectivity index (χ0v) is 12.3. The second kappa shape index (κ2) is 7.00. The van der Waals surface area contributed by atoms with Gasteiger partial charge < -0.3 is 21.1 Å². The van der Waals surface area contributed by atoms with Crippen LogP contribution >= 0.6 is 11.3 Å². The molecule has 2 aromatic rings. The molecule has 2 amide bonds. The summed E-state index contributed by atoms with van der Waals surface area (Å²) in [6.45, 7) is 2.23. The average molecular weight is 308 g/mol. The second-order valence-electron chi connectivity index (χ2n) is 4.11. The van der Waals surface area contributed by atoms with Crippen LogP contribution in [0.1, 0.15) is 6.92 Å². The number of amides is 2. The monoisotopic (exact) mass is 308 g/mol. The number of aromatic nitrogens is 1. The molecule has 1 aromatic carbocycles. The molecule has 0 aliphatic carbocycles. The van der Waals surface area contributed by atoms with Crippen molar-refractivity contribution in [2.24, 2.45) is 5.73 Å². The van der Waals surface area contributed by atoms with Crippen molar-refractivity contribution in [1.29, 1.82) is 0 Å². The molecule has 7 nitrogen and oxygen atoms in total. The molecule has 0 fully saturated rings. The number of nitrogens with one attached hydrogen (secondary N) is 2. The van der Waals surface area contributed by atoms with E-state index in [1.807, 2.05) is 25.1 Å². The Hall–Kier alpha value is -2.19. The number of fused-ring (bicyclic) bond motifs is 1. The van der Waals surface area contributed by atoms with E-state index in [0.717, 1.165) is 16.0 Å². The maximum absolute atomic E-state index is 11.7. The third-order valence-corrected chi connectivity index (χ3v) is 3.48. The predicted octanol–water partition coefficient (Wildman–Crippen LogP) is 0.708. The van der Waals surface area contributed by atoms with Gasteiger partial charge in [0, 0.05) is 0 Å². The first-order chi connectivity index (χ1) is 10.1. The van der Waals surface area contributed by atoms with Crippen LogP contribution in [0.25, 0.3) is 10.2 Å². The van der Waals surface area contributed by atoms with Gasteiger partial charge >= 0.3 is 0 Å². The molecule has 21 heavy (non-hydrogen) atoms. The standard InChI is InChI=1S/C13H16N4O3S/c1-2-20-8-3-4-9-10(5-8)21-13(16-9)17-12(19)7-15-11(18)6-14/h3-5H,2,6-7,14H2,1H3,(H,15,18)(H,16,17,19). The van der Waals surface area contributed by atoms with Gasteiger partial charge in [-0.05, 0) is 25.1 Å². The molecule has 4 N–H and O–H groups in total. The van der Waals surface area contributed by atoms with Gasteiger partial charge in [0.15, 0.2) is 5.13 Å². The van der Waals surface area contributed by atoms with Gasteiger partial charge in [0.25, 0.3) is 0 Å². The minimum Gasteiger partial charge on any atom is -0.494 e. The summed E-state index contributed by atoms with van der Waals surface area (Å²) in [6, 6.07) is 5.55. The third-order valence-electron chi connectivity index (χ3n) is 2.55. The Balaban J connectivity index is 2.02. The van der Waals surface area contributed by atoms with Gasteiger partial charge in [-0.25, -0.2) is 4.98 Å². The number of nitrogens with two attached hydrogens (primary N) is 1. The fourth-order valence-electron chi connectivity index (χ4n) is 1.63. The SMILES string of the molecule is CCOc1ccc2nc(NC(=O)CNC(=O)CN)sc2c1. The highest BCUT2D eigenvalue weighted by Crippen LogP contribution is 2.29. The Kier molecular flexibility index (Phi) is 5.07. The minimum absolute atomic E-state index is 0.129. The second-order valence-corrected chi connectivity index (χ2v) is 5.14. The van der Waals surface area contributed by atoms with Crippen molar-refractivity contribution in [2.75, 3.05) is 25.0 Å². The molecule has 0 atom stereocenters. The number of benzene rings is 1. The van der Waals surface area contributed by atoms with Crippen LogP contribution in [-0.4, -0.2) is 36.5 Å². The van der Waals surface area contributed by atoms with Gasteiger partial charge in [0.2, 0.25) is 11.8 Å². The van der Waals surface area contributed by atoms with E-state index in [0.29, 0.717) is 11.7 Å². The normalized spacial score (nSPS) is 10.4. The summed E-state index contributed by atoms with van der Waals surface area (Å²) in [6.07, 6.45) is 0. The van der Waals surface area contributed by atoms with Crippen LogP contribution in [0.4, 0.5) is 5.13 Å². The molecule has 0 unspecified atom stereocenters. The van der Waals surface area contributed by atoms with E-state index >= 15 is 0 Å². The smallest absolute Gasteiger partial charge is 0.245 e. The van der Waals surface area contributed by atoms with Gasteiger partial charge in [-0.15, -0.1) is 0 Å². The van der Waals surface area contributed by atoms with Gasteiger partial charge in [-0.2, -0.15) is 0 Å². The van der Waals surface area contributed by atoms with Crippen molar-refractivity contribution in [1.82, 2.24) is 10.3 Å². The maximum atomic E-state index is 11.7. The lowest BCUT2D eigenvalue weighted by molar-refractivity contribution is -0.123. The van der Waals surface area contributed by atoms with E-state index in [9.17, 15) is 9.59 Å². The topological polar surface area (TPSA) is 106 Å². The Morgan fingerprint density at radius 2 is 2.19 bits per heavy atom. The highest BCUT2D eigenvalue weighted by molar-refractivity contribution is 7.22. The number of anilines is 1. The Bertz CT molecular complexity index is 656. The molecule has 1 aromatic heterocycles. The zero-order chi connectivity index (χ0) is 15.2. The Morgan fingerprint density at radius 3 is 2.90 bits per heavy atom. The molecule has 1 heterocycles. The molecule has 0 aliphatic heterocycles. The van der Waals surface area contributed by atoms with Crippen molar-refractivity contribution in [3.63, 3.8) is 0 Å². The number of carbonyl (C=O) groups excluding carboxylic acids is 2. The van der Waals surface area contributed by atoms with E-state index < -0.39 is 0 Å². The van der Waals surface area contributed by atoms with E-state index in [1.54, 1.807) is 0 Å². The van der Waals surface area contributed by atoms with Crippen molar-refractivity contribution in [3.05, 3.63) is 18.2 Å². The highest BCUT2D eigenvalue weighted by Gasteiger charge is 2.09. The zero-order valence-electron chi connectivity index (χ0n) is 11.5. The Morgan fingerprint density at radius 1 is 1.38 bits per heavy atom. The highest BCUT2D eigenvalue weighted by atomic mass is 32.1.